The van der Waals surface area contributed by atoms with Crippen molar-refractivity contribution in [2.75, 3.05) is 19.7 Å². The Morgan fingerprint density at radius 3 is 2.29 bits per heavy atom. The number of benzene rings is 1. The minimum absolute atomic E-state index is 0.0989. The summed E-state index contributed by atoms with van der Waals surface area (Å²) in [5, 5.41) is 0. The van der Waals surface area contributed by atoms with Crippen LogP contribution < -0.4 is 4.74 Å². The summed E-state index contributed by atoms with van der Waals surface area (Å²) in [6.45, 7) is 10.7. The number of carbonyl (C=O) groups is 1. The number of amides is 1. The Labute approximate surface area is 128 Å². The Kier molecular flexibility index (Phi) is 4.92. The van der Waals surface area contributed by atoms with Crippen LogP contribution in [0.3, 0.4) is 0 Å². The van der Waals surface area contributed by atoms with E-state index in [0.717, 1.165) is 37.6 Å². The van der Waals surface area contributed by atoms with Crippen molar-refractivity contribution in [2.24, 2.45) is 5.92 Å². The highest BCUT2D eigenvalue weighted by Gasteiger charge is 2.20. The van der Waals surface area contributed by atoms with Crippen LogP contribution in [0.1, 0.15) is 46.1 Å². The minimum atomic E-state index is 0.0989. The van der Waals surface area contributed by atoms with Crippen LogP contribution in [-0.4, -0.2) is 30.5 Å². The summed E-state index contributed by atoms with van der Waals surface area (Å²) in [7, 11) is 0. The van der Waals surface area contributed by atoms with E-state index in [1.165, 1.54) is 5.56 Å². The molecule has 1 aliphatic rings. The molecule has 0 atom stereocenters. The average Bonchev–Trinajstić information content (AvgIpc) is 2.45. The molecule has 0 radical (unpaired) electrons. The Hall–Kier alpha value is -1.51. The summed E-state index contributed by atoms with van der Waals surface area (Å²) >= 11 is 0. The van der Waals surface area contributed by atoms with Gasteiger partial charge in [0, 0.05) is 13.1 Å². The van der Waals surface area contributed by atoms with Gasteiger partial charge >= 0.3 is 0 Å². The number of carbonyl (C=O) groups excluding carboxylic acids is 1. The van der Waals surface area contributed by atoms with Gasteiger partial charge in [0.15, 0.2) is 6.61 Å². The quantitative estimate of drug-likeness (QED) is 0.850. The number of ether oxygens (including phenoxy) is 1. The Bertz CT molecular complexity index is 465. The van der Waals surface area contributed by atoms with E-state index in [-0.39, 0.29) is 17.9 Å². The molecular formula is C18H27NO2. The van der Waals surface area contributed by atoms with Gasteiger partial charge in [0.2, 0.25) is 0 Å². The van der Waals surface area contributed by atoms with Gasteiger partial charge in [0.05, 0.1) is 0 Å². The van der Waals surface area contributed by atoms with E-state index in [2.05, 4.69) is 39.8 Å². The second-order valence-electron chi connectivity index (χ2n) is 7.13. The second kappa shape index (κ2) is 6.50. The highest BCUT2D eigenvalue weighted by molar-refractivity contribution is 5.77. The number of piperidine rings is 1. The second-order valence-corrected chi connectivity index (χ2v) is 7.13. The number of likely N-dealkylation sites (tertiary alicyclic amines) is 1. The van der Waals surface area contributed by atoms with Gasteiger partial charge in [-0.1, -0.05) is 39.8 Å². The molecule has 1 fully saturated rings. The summed E-state index contributed by atoms with van der Waals surface area (Å²) in [5.74, 6) is 1.60. The maximum absolute atomic E-state index is 12.1. The zero-order valence-electron chi connectivity index (χ0n) is 13.7. The molecule has 3 nitrogen and oxygen atoms in total. The first-order valence-electron chi connectivity index (χ1n) is 7.87. The van der Waals surface area contributed by atoms with Gasteiger partial charge in [-0.2, -0.15) is 0 Å². The number of hydrogen-bond acceptors (Lipinski definition) is 2. The number of nitrogens with zero attached hydrogens (tertiary/aromatic N) is 1. The zero-order chi connectivity index (χ0) is 15.5. The van der Waals surface area contributed by atoms with Crippen LogP contribution in [0.25, 0.3) is 0 Å². The molecular weight excluding hydrogens is 262 g/mol. The molecule has 1 saturated heterocycles. The molecule has 21 heavy (non-hydrogen) atoms. The summed E-state index contributed by atoms with van der Waals surface area (Å²) in [4.78, 5) is 14.0. The lowest BCUT2D eigenvalue weighted by molar-refractivity contribution is -0.134. The standard InChI is InChI=1S/C18H27NO2/c1-14-9-11-19(12-10-14)17(20)13-21-16-7-5-15(6-8-16)18(2,3)4/h5-8,14H,9-13H2,1-4H3. The third-order valence-electron chi connectivity index (χ3n) is 4.22. The Morgan fingerprint density at radius 1 is 1.19 bits per heavy atom. The minimum Gasteiger partial charge on any atom is -0.484 e. The summed E-state index contributed by atoms with van der Waals surface area (Å²) in [6.07, 6.45) is 2.21. The third kappa shape index (κ3) is 4.48. The van der Waals surface area contributed by atoms with E-state index in [0.29, 0.717) is 0 Å². The van der Waals surface area contributed by atoms with E-state index >= 15 is 0 Å². The summed E-state index contributed by atoms with van der Waals surface area (Å²) in [6, 6.07) is 8.04. The van der Waals surface area contributed by atoms with Crippen LogP contribution in [-0.2, 0) is 10.2 Å². The first-order chi connectivity index (χ1) is 9.86. The summed E-state index contributed by atoms with van der Waals surface area (Å²) < 4.78 is 5.62. The van der Waals surface area contributed by atoms with Gasteiger partial charge < -0.3 is 9.64 Å². The van der Waals surface area contributed by atoms with E-state index in [1.54, 1.807) is 0 Å². The fourth-order valence-corrected chi connectivity index (χ4v) is 2.55. The van der Waals surface area contributed by atoms with Gasteiger partial charge in [-0.15, -0.1) is 0 Å². The molecule has 1 aliphatic heterocycles. The van der Waals surface area contributed by atoms with Crippen LogP contribution >= 0.6 is 0 Å². The molecule has 0 N–H and O–H groups in total. The largest absolute Gasteiger partial charge is 0.484 e. The van der Waals surface area contributed by atoms with Crippen molar-refractivity contribution in [3.63, 3.8) is 0 Å². The SMILES string of the molecule is CC1CCN(C(=O)COc2ccc(C(C)(C)C)cc2)CC1. The Morgan fingerprint density at radius 2 is 1.76 bits per heavy atom. The van der Waals surface area contributed by atoms with Crippen LogP contribution in [0, 0.1) is 5.92 Å². The van der Waals surface area contributed by atoms with Crippen molar-refractivity contribution in [1.82, 2.24) is 4.90 Å². The lowest BCUT2D eigenvalue weighted by Crippen LogP contribution is -2.40. The number of hydrogen-bond donors (Lipinski definition) is 0. The molecule has 116 valence electrons. The smallest absolute Gasteiger partial charge is 0.260 e. The predicted octanol–water partition coefficient (Wildman–Crippen LogP) is 3.62. The molecule has 1 aromatic carbocycles. The molecule has 2 rings (SSSR count). The molecule has 0 spiro atoms. The maximum Gasteiger partial charge on any atom is 0.260 e. The molecule has 0 saturated carbocycles. The predicted molar refractivity (Wildman–Crippen MR) is 85.6 cm³/mol. The topological polar surface area (TPSA) is 29.5 Å². The Balaban J connectivity index is 1.84. The van der Waals surface area contributed by atoms with Gasteiger partial charge in [-0.05, 0) is 41.9 Å². The van der Waals surface area contributed by atoms with Crippen molar-refractivity contribution in [3.05, 3.63) is 29.8 Å². The van der Waals surface area contributed by atoms with Crippen LogP contribution in [0.15, 0.2) is 24.3 Å². The molecule has 0 aromatic heterocycles. The van der Waals surface area contributed by atoms with Crippen molar-refractivity contribution in [2.45, 2.75) is 46.0 Å². The van der Waals surface area contributed by atoms with Gasteiger partial charge in [0.1, 0.15) is 5.75 Å². The van der Waals surface area contributed by atoms with Crippen LogP contribution in [0.4, 0.5) is 0 Å². The molecule has 0 bridgehead atoms. The zero-order valence-corrected chi connectivity index (χ0v) is 13.7. The average molecular weight is 289 g/mol. The van der Waals surface area contributed by atoms with Crippen molar-refractivity contribution < 1.29 is 9.53 Å². The number of rotatable bonds is 3. The van der Waals surface area contributed by atoms with E-state index in [4.69, 9.17) is 4.74 Å². The van der Waals surface area contributed by atoms with E-state index < -0.39 is 0 Å². The lowest BCUT2D eigenvalue weighted by atomic mass is 9.87. The van der Waals surface area contributed by atoms with E-state index in [9.17, 15) is 4.79 Å². The van der Waals surface area contributed by atoms with Crippen molar-refractivity contribution >= 4 is 5.91 Å². The third-order valence-corrected chi connectivity index (χ3v) is 4.22. The van der Waals surface area contributed by atoms with Crippen LogP contribution in [0.2, 0.25) is 0 Å². The fourth-order valence-electron chi connectivity index (χ4n) is 2.55. The fraction of sp³-hybridized carbons (Fsp3) is 0.611. The highest BCUT2D eigenvalue weighted by atomic mass is 16.5. The highest BCUT2D eigenvalue weighted by Crippen LogP contribution is 2.24. The molecule has 3 heteroatoms. The lowest BCUT2D eigenvalue weighted by Gasteiger charge is -2.30. The van der Waals surface area contributed by atoms with E-state index in [1.807, 2.05) is 17.0 Å². The molecule has 1 heterocycles. The van der Waals surface area contributed by atoms with Crippen molar-refractivity contribution in [1.29, 1.82) is 0 Å². The van der Waals surface area contributed by atoms with Gasteiger partial charge in [0.25, 0.3) is 5.91 Å². The molecule has 1 amide bonds. The van der Waals surface area contributed by atoms with Gasteiger partial charge in [-0.25, -0.2) is 0 Å². The normalized spacial score (nSPS) is 16.9. The molecule has 0 unspecified atom stereocenters. The summed E-state index contributed by atoms with van der Waals surface area (Å²) in [5.41, 5.74) is 1.41. The van der Waals surface area contributed by atoms with Gasteiger partial charge in [-0.3, -0.25) is 4.79 Å². The molecule has 1 aromatic rings. The first-order valence-corrected chi connectivity index (χ1v) is 7.87. The first kappa shape index (κ1) is 15.9. The van der Waals surface area contributed by atoms with Crippen molar-refractivity contribution in [3.8, 4) is 5.75 Å². The monoisotopic (exact) mass is 289 g/mol. The van der Waals surface area contributed by atoms with Crippen LogP contribution in [0.5, 0.6) is 5.75 Å². The molecule has 0 aliphatic carbocycles. The maximum atomic E-state index is 12.1.